The highest BCUT2D eigenvalue weighted by Crippen LogP contribution is 2.40. The van der Waals surface area contributed by atoms with Crippen molar-refractivity contribution in [1.29, 1.82) is 0 Å². The van der Waals surface area contributed by atoms with Crippen molar-refractivity contribution in [3.05, 3.63) is 60.7 Å². The van der Waals surface area contributed by atoms with Gasteiger partial charge in [-0.1, -0.05) is 36.0 Å². The summed E-state index contributed by atoms with van der Waals surface area (Å²) >= 11 is 1.60. The molecule has 2 atom stereocenters. The topological polar surface area (TPSA) is 77.4 Å². The van der Waals surface area contributed by atoms with Gasteiger partial charge in [0.2, 0.25) is 0 Å². The number of aliphatic hydroxyl groups excluding tert-OH is 2. The Kier molecular flexibility index (Phi) is 8.99. The van der Waals surface area contributed by atoms with Gasteiger partial charge < -0.3 is 29.2 Å². The van der Waals surface area contributed by atoms with Crippen molar-refractivity contribution in [2.75, 3.05) is 40.6 Å². The van der Waals surface area contributed by atoms with Crippen molar-refractivity contribution in [1.82, 2.24) is 0 Å². The Morgan fingerprint density at radius 2 is 1.45 bits per heavy atom. The maximum Gasteiger partial charge on any atom is 0.141 e. The van der Waals surface area contributed by atoms with E-state index in [1.807, 2.05) is 60.7 Å². The van der Waals surface area contributed by atoms with Crippen LogP contribution in [0.2, 0.25) is 0 Å². The normalized spacial score (nSPS) is 13.2. The molecule has 0 saturated heterocycles. The van der Waals surface area contributed by atoms with Gasteiger partial charge in [0.05, 0.1) is 18.1 Å². The number of ether oxygens (including phenoxy) is 4. The molecule has 0 spiro atoms. The van der Waals surface area contributed by atoms with Crippen molar-refractivity contribution < 1.29 is 29.2 Å². The zero-order valence-corrected chi connectivity index (χ0v) is 18.5. The molecule has 0 bridgehead atoms. The van der Waals surface area contributed by atoms with Crippen LogP contribution in [-0.2, 0) is 9.47 Å². The lowest BCUT2D eigenvalue weighted by molar-refractivity contribution is 0.0322. The monoisotopic (exact) mass is 444 g/mol. The Morgan fingerprint density at radius 1 is 0.774 bits per heavy atom. The van der Waals surface area contributed by atoms with Gasteiger partial charge in [-0.2, -0.15) is 0 Å². The minimum absolute atomic E-state index is 0.122. The SMILES string of the molecule is COCC(O)COc1ccc2c(OCC(O)COC)c(Sc3ccccc3)ccc2c1. The number of aliphatic hydroxyl groups is 2. The van der Waals surface area contributed by atoms with E-state index >= 15 is 0 Å². The molecule has 0 saturated carbocycles. The predicted molar refractivity (Wildman–Crippen MR) is 121 cm³/mol. The average molecular weight is 445 g/mol. The number of hydrogen-bond acceptors (Lipinski definition) is 7. The third-order valence-electron chi connectivity index (χ3n) is 4.46. The maximum absolute atomic E-state index is 10.1. The second-order valence-electron chi connectivity index (χ2n) is 7.03. The van der Waals surface area contributed by atoms with Gasteiger partial charge in [0.15, 0.2) is 0 Å². The number of hydrogen-bond donors (Lipinski definition) is 2. The summed E-state index contributed by atoms with van der Waals surface area (Å²) < 4.78 is 21.7. The highest BCUT2D eigenvalue weighted by atomic mass is 32.2. The molecule has 166 valence electrons. The Morgan fingerprint density at radius 3 is 2.13 bits per heavy atom. The van der Waals surface area contributed by atoms with Crippen LogP contribution < -0.4 is 9.47 Å². The molecule has 2 unspecified atom stereocenters. The molecule has 7 heteroatoms. The zero-order chi connectivity index (χ0) is 22.1. The van der Waals surface area contributed by atoms with E-state index in [2.05, 4.69) is 0 Å². The molecule has 0 radical (unpaired) electrons. The molecule has 0 amide bonds. The number of benzene rings is 3. The second kappa shape index (κ2) is 11.9. The summed E-state index contributed by atoms with van der Waals surface area (Å²) in [6, 6.07) is 19.7. The molecule has 3 rings (SSSR count). The molecule has 3 aromatic rings. The summed E-state index contributed by atoms with van der Waals surface area (Å²) in [6.07, 6.45) is -1.41. The van der Waals surface area contributed by atoms with Gasteiger partial charge in [0.25, 0.3) is 0 Å². The van der Waals surface area contributed by atoms with Gasteiger partial charge in [-0.05, 0) is 41.8 Å². The maximum atomic E-state index is 10.1. The first-order chi connectivity index (χ1) is 15.1. The third-order valence-corrected chi connectivity index (χ3v) is 5.51. The number of fused-ring (bicyclic) bond motifs is 1. The van der Waals surface area contributed by atoms with Crippen LogP contribution in [0.4, 0.5) is 0 Å². The van der Waals surface area contributed by atoms with E-state index in [-0.39, 0.29) is 26.4 Å². The molecule has 0 fully saturated rings. The highest BCUT2D eigenvalue weighted by Gasteiger charge is 2.14. The van der Waals surface area contributed by atoms with E-state index in [4.69, 9.17) is 18.9 Å². The molecule has 31 heavy (non-hydrogen) atoms. The molecular weight excluding hydrogens is 416 g/mol. The van der Waals surface area contributed by atoms with Crippen LogP contribution in [-0.4, -0.2) is 63.1 Å². The van der Waals surface area contributed by atoms with E-state index < -0.39 is 12.2 Å². The highest BCUT2D eigenvalue weighted by molar-refractivity contribution is 7.99. The van der Waals surface area contributed by atoms with Crippen LogP contribution in [0.25, 0.3) is 10.8 Å². The fourth-order valence-corrected chi connectivity index (χ4v) is 3.99. The van der Waals surface area contributed by atoms with Gasteiger partial charge >= 0.3 is 0 Å². The average Bonchev–Trinajstić information content (AvgIpc) is 2.78. The summed E-state index contributed by atoms with van der Waals surface area (Å²) in [5.74, 6) is 1.35. The van der Waals surface area contributed by atoms with E-state index in [1.54, 1.807) is 18.9 Å². The first kappa shape index (κ1) is 23.4. The quantitative estimate of drug-likeness (QED) is 0.440. The fraction of sp³-hybridized carbons (Fsp3) is 0.333. The number of methoxy groups -OCH3 is 2. The second-order valence-corrected chi connectivity index (χ2v) is 8.15. The molecule has 0 aliphatic heterocycles. The van der Waals surface area contributed by atoms with E-state index in [9.17, 15) is 10.2 Å². The Labute approximate surface area is 186 Å². The van der Waals surface area contributed by atoms with Crippen molar-refractivity contribution in [2.45, 2.75) is 22.0 Å². The standard InChI is InChI=1S/C24H28O6S/c1-27-13-18(25)15-29-20-9-10-22-17(12-20)8-11-23(31-21-6-4-3-5-7-21)24(22)30-16-19(26)14-28-2/h3-12,18-19,25-26H,13-16H2,1-2H3. The Hall–Kier alpha value is -2.29. The first-order valence-electron chi connectivity index (χ1n) is 10.00. The van der Waals surface area contributed by atoms with Crippen LogP contribution in [0.5, 0.6) is 11.5 Å². The van der Waals surface area contributed by atoms with Crippen LogP contribution in [0.15, 0.2) is 70.5 Å². The molecule has 2 N–H and O–H groups in total. The van der Waals surface area contributed by atoms with E-state index in [0.717, 1.165) is 20.6 Å². The smallest absolute Gasteiger partial charge is 0.141 e. The molecule has 3 aromatic carbocycles. The van der Waals surface area contributed by atoms with Gasteiger partial charge in [0, 0.05) is 24.5 Å². The van der Waals surface area contributed by atoms with Gasteiger partial charge in [-0.25, -0.2) is 0 Å². The Bertz CT molecular complexity index is 949. The fourth-order valence-electron chi connectivity index (χ4n) is 3.05. The largest absolute Gasteiger partial charge is 0.491 e. The summed E-state index contributed by atoms with van der Waals surface area (Å²) in [5.41, 5.74) is 0. The molecule has 0 aromatic heterocycles. The van der Waals surface area contributed by atoms with Crippen LogP contribution in [0.1, 0.15) is 0 Å². The minimum atomic E-state index is -0.722. The van der Waals surface area contributed by atoms with Crippen molar-refractivity contribution in [3.8, 4) is 11.5 Å². The van der Waals surface area contributed by atoms with E-state index in [0.29, 0.717) is 11.5 Å². The summed E-state index contributed by atoms with van der Waals surface area (Å²) in [7, 11) is 3.08. The van der Waals surface area contributed by atoms with Gasteiger partial charge in [-0.3, -0.25) is 0 Å². The molecule has 0 heterocycles. The predicted octanol–water partition coefficient (Wildman–Crippen LogP) is 3.76. The van der Waals surface area contributed by atoms with Gasteiger partial charge in [0.1, 0.15) is 36.9 Å². The molecule has 0 aliphatic rings. The summed E-state index contributed by atoms with van der Waals surface area (Å²) in [4.78, 5) is 2.05. The minimum Gasteiger partial charge on any atom is -0.491 e. The summed E-state index contributed by atoms with van der Waals surface area (Å²) in [5, 5.41) is 21.7. The van der Waals surface area contributed by atoms with E-state index in [1.165, 1.54) is 7.11 Å². The van der Waals surface area contributed by atoms with Crippen molar-refractivity contribution in [2.24, 2.45) is 0 Å². The zero-order valence-electron chi connectivity index (χ0n) is 17.7. The lowest BCUT2D eigenvalue weighted by atomic mass is 10.1. The molecule has 6 nitrogen and oxygen atoms in total. The van der Waals surface area contributed by atoms with Crippen molar-refractivity contribution in [3.63, 3.8) is 0 Å². The van der Waals surface area contributed by atoms with Crippen LogP contribution in [0.3, 0.4) is 0 Å². The van der Waals surface area contributed by atoms with Crippen molar-refractivity contribution >= 4 is 22.5 Å². The van der Waals surface area contributed by atoms with Gasteiger partial charge in [-0.15, -0.1) is 0 Å². The Balaban J connectivity index is 1.87. The third kappa shape index (κ3) is 6.85. The lowest BCUT2D eigenvalue weighted by Gasteiger charge is -2.17. The first-order valence-corrected chi connectivity index (χ1v) is 10.8. The van der Waals surface area contributed by atoms with Crippen LogP contribution in [0, 0.1) is 0 Å². The molecule has 0 aliphatic carbocycles. The number of rotatable bonds is 12. The lowest BCUT2D eigenvalue weighted by Crippen LogP contribution is -2.23. The van der Waals surface area contributed by atoms with Crippen LogP contribution >= 0.6 is 11.8 Å². The molecular formula is C24H28O6S. The summed E-state index contributed by atoms with van der Waals surface area (Å²) in [6.45, 7) is 0.688.